The molecule has 0 unspecified atom stereocenters. The lowest BCUT2D eigenvalue weighted by Crippen LogP contribution is -2.37. The van der Waals surface area contributed by atoms with Crippen LogP contribution in [0.3, 0.4) is 0 Å². The summed E-state index contributed by atoms with van der Waals surface area (Å²) >= 11 is 1.43. The molecular weight excluding hydrogens is 340 g/mol. The molecule has 0 radical (unpaired) electrons. The largest absolute Gasteiger partial charge is 0.489 e. The molecule has 1 aliphatic rings. The molecule has 7 heteroatoms. The quantitative estimate of drug-likeness (QED) is 0.594. The number of thiophene rings is 1. The Labute approximate surface area is 150 Å². The van der Waals surface area contributed by atoms with Gasteiger partial charge in [-0.15, -0.1) is 11.3 Å². The van der Waals surface area contributed by atoms with E-state index in [1.165, 1.54) is 23.5 Å². The van der Waals surface area contributed by atoms with Crippen molar-refractivity contribution in [2.24, 2.45) is 5.92 Å². The molecule has 6 nitrogen and oxygen atoms in total. The van der Waals surface area contributed by atoms with E-state index in [0.29, 0.717) is 18.3 Å². The Morgan fingerprint density at radius 2 is 2.00 bits per heavy atom. The molecule has 2 aromatic rings. The van der Waals surface area contributed by atoms with Gasteiger partial charge in [0.1, 0.15) is 12.4 Å². The number of hydrogen-bond acceptors (Lipinski definition) is 5. The maximum absolute atomic E-state index is 12.5. The van der Waals surface area contributed by atoms with Gasteiger partial charge >= 0.3 is 0 Å². The highest BCUT2D eigenvalue weighted by Crippen LogP contribution is 2.23. The smallest absolute Gasteiger partial charge is 0.269 e. The zero-order chi connectivity index (χ0) is 17.8. The Morgan fingerprint density at radius 3 is 2.64 bits per heavy atom. The van der Waals surface area contributed by atoms with Crippen molar-refractivity contribution in [3.8, 4) is 5.75 Å². The highest BCUT2D eigenvalue weighted by atomic mass is 32.1. The fourth-order valence-corrected chi connectivity index (χ4v) is 3.63. The molecule has 25 heavy (non-hydrogen) atoms. The molecule has 0 saturated carbocycles. The van der Waals surface area contributed by atoms with Crippen LogP contribution in [0.15, 0.2) is 35.7 Å². The standard InChI is InChI=1S/C18H20N2O4S/c1-13-6-8-19(9-7-13)18(21)17-10-14(12-25-17)11-24-16-4-2-15(3-5-16)20(22)23/h2-5,10,12-13H,6-9,11H2,1H3. The third-order valence-electron chi connectivity index (χ3n) is 4.39. The van der Waals surface area contributed by atoms with Gasteiger partial charge in [-0.05, 0) is 42.3 Å². The number of nitro groups is 1. The van der Waals surface area contributed by atoms with Crippen LogP contribution >= 0.6 is 11.3 Å². The molecule has 0 spiro atoms. The van der Waals surface area contributed by atoms with E-state index in [2.05, 4.69) is 6.92 Å². The normalized spacial score (nSPS) is 15.2. The van der Waals surface area contributed by atoms with Gasteiger partial charge in [-0.3, -0.25) is 14.9 Å². The Bertz CT molecular complexity index is 749. The lowest BCUT2D eigenvalue weighted by molar-refractivity contribution is -0.384. The van der Waals surface area contributed by atoms with Crippen LogP contribution in [-0.4, -0.2) is 28.8 Å². The van der Waals surface area contributed by atoms with E-state index in [0.717, 1.165) is 36.4 Å². The lowest BCUT2D eigenvalue weighted by Gasteiger charge is -2.29. The van der Waals surface area contributed by atoms with Gasteiger partial charge in [-0.2, -0.15) is 0 Å². The van der Waals surface area contributed by atoms with Crippen molar-refractivity contribution in [2.75, 3.05) is 13.1 Å². The number of piperidine rings is 1. The van der Waals surface area contributed by atoms with Crippen molar-refractivity contribution in [3.63, 3.8) is 0 Å². The molecule has 2 heterocycles. The summed E-state index contributed by atoms with van der Waals surface area (Å²) in [5.41, 5.74) is 0.962. The second-order valence-electron chi connectivity index (χ2n) is 6.33. The van der Waals surface area contributed by atoms with Gasteiger partial charge in [-0.25, -0.2) is 0 Å². The molecule has 3 rings (SSSR count). The fourth-order valence-electron chi connectivity index (χ4n) is 2.76. The van der Waals surface area contributed by atoms with E-state index in [1.54, 1.807) is 12.1 Å². The third kappa shape index (κ3) is 4.36. The average molecular weight is 360 g/mol. The molecule has 1 amide bonds. The summed E-state index contributed by atoms with van der Waals surface area (Å²) in [6, 6.07) is 7.85. The van der Waals surface area contributed by atoms with Crippen LogP contribution in [0.1, 0.15) is 35.0 Å². The third-order valence-corrected chi connectivity index (χ3v) is 5.36. The van der Waals surface area contributed by atoms with Gasteiger partial charge in [0.15, 0.2) is 0 Å². The van der Waals surface area contributed by atoms with E-state index in [4.69, 9.17) is 4.74 Å². The SMILES string of the molecule is CC1CCN(C(=O)c2cc(COc3ccc([N+](=O)[O-])cc3)cs2)CC1. The van der Waals surface area contributed by atoms with E-state index < -0.39 is 4.92 Å². The van der Waals surface area contributed by atoms with Crippen molar-refractivity contribution in [1.82, 2.24) is 4.90 Å². The van der Waals surface area contributed by atoms with Crippen molar-refractivity contribution < 1.29 is 14.5 Å². The first-order valence-corrected chi connectivity index (χ1v) is 9.15. The summed E-state index contributed by atoms with van der Waals surface area (Å²) < 4.78 is 5.64. The van der Waals surface area contributed by atoms with Gasteiger partial charge < -0.3 is 9.64 Å². The zero-order valence-electron chi connectivity index (χ0n) is 14.0. The fraction of sp³-hybridized carbons (Fsp3) is 0.389. The number of rotatable bonds is 5. The van der Waals surface area contributed by atoms with Crippen molar-refractivity contribution in [1.29, 1.82) is 0 Å². The van der Waals surface area contributed by atoms with Gasteiger partial charge in [0.25, 0.3) is 11.6 Å². The van der Waals surface area contributed by atoms with E-state index in [1.807, 2.05) is 16.3 Å². The molecule has 1 aromatic carbocycles. The summed E-state index contributed by atoms with van der Waals surface area (Å²) in [7, 11) is 0. The predicted molar refractivity (Wildman–Crippen MR) is 96.0 cm³/mol. The highest BCUT2D eigenvalue weighted by Gasteiger charge is 2.22. The van der Waals surface area contributed by atoms with Gasteiger partial charge in [0.05, 0.1) is 9.80 Å². The van der Waals surface area contributed by atoms with E-state index in [9.17, 15) is 14.9 Å². The maximum Gasteiger partial charge on any atom is 0.269 e. The van der Waals surface area contributed by atoms with Crippen LogP contribution in [-0.2, 0) is 6.61 Å². The molecule has 0 aliphatic carbocycles. The monoisotopic (exact) mass is 360 g/mol. The van der Waals surface area contributed by atoms with Crippen LogP contribution < -0.4 is 4.74 Å². The summed E-state index contributed by atoms with van der Waals surface area (Å²) in [4.78, 5) is 25.4. The Hall–Kier alpha value is -2.41. The number of hydrogen-bond donors (Lipinski definition) is 0. The minimum atomic E-state index is -0.443. The Morgan fingerprint density at radius 1 is 1.32 bits per heavy atom. The second-order valence-corrected chi connectivity index (χ2v) is 7.24. The minimum Gasteiger partial charge on any atom is -0.489 e. The Kier molecular flexibility index (Phi) is 5.33. The number of nitro benzene ring substituents is 1. The zero-order valence-corrected chi connectivity index (χ0v) is 14.8. The molecule has 1 aliphatic heterocycles. The molecule has 0 N–H and O–H groups in total. The number of carbonyl (C=O) groups is 1. The minimum absolute atomic E-state index is 0.0339. The number of non-ortho nitro benzene ring substituents is 1. The maximum atomic E-state index is 12.5. The molecule has 0 atom stereocenters. The number of ether oxygens (including phenoxy) is 1. The van der Waals surface area contributed by atoms with Crippen LogP contribution in [0.4, 0.5) is 5.69 Å². The molecular formula is C18H20N2O4S. The van der Waals surface area contributed by atoms with Crippen LogP contribution in [0.5, 0.6) is 5.75 Å². The molecule has 1 aromatic heterocycles. The van der Waals surface area contributed by atoms with E-state index >= 15 is 0 Å². The lowest BCUT2D eigenvalue weighted by atomic mass is 9.99. The van der Waals surface area contributed by atoms with Gasteiger partial charge in [-0.1, -0.05) is 6.92 Å². The first kappa shape index (κ1) is 17.4. The molecule has 132 valence electrons. The van der Waals surface area contributed by atoms with Crippen LogP contribution in [0.2, 0.25) is 0 Å². The van der Waals surface area contributed by atoms with Crippen molar-refractivity contribution in [3.05, 3.63) is 56.3 Å². The molecule has 1 fully saturated rings. The van der Waals surface area contributed by atoms with Crippen LogP contribution in [0.25, 0.3) is 0 Å². The summed E-state index contributed by atoms with van der Waals surface area (Å²) in [5, 5.41) is 12.6. The highest BCUT2D eigenvalue weighted by molar-refractivity contribution is 7.12. The summed E-state index contributed by atoms with van der Waals surface area (Å²) in [6.07, 6.45) is 2.13. The number of amides is 1. The Balaban J connectivity index is 1.56. The topological polar surface area (TPSA) is 72.7 Å². The van der Waals surface area contributed by atoms with Crippen molar-refractivity contribution in [2.45, 2.75) is 26.4 Å². The van der Waals surface area contributed by atoms with Crippen LogP contribution in [0, 0.1) is 16.0 Å². The van der Waals surface area contributed by atoms with Gasteiger partial charge in [0, 0.05) is 30.8 Å². The number of nitrogens with zero attached hydrogens (tertiary/aromatic N) is 2. The first-order valence-electron chi connectivity index (χ1n) is 8.27. The second kappa shape index (κ2) is 7.65. The first-order chi connectivity index (χ1) is 12.0. The molecule has 1 saturated heterocycles. The average Bonchev–Trinajstić information content (AvgIpc) is 3.09. The number of benzene rings is 1. The van der Waals surface area contributed by atoms with Gasteiger partial charge in [0.2, 0.25) is 0 Å². The molecule has 0 bridgehead atoms. The van der Waals surface area contributed by atoms with E-state index in [-0.39, 0.29) is 11.6 Å². The van der Waals surface area contributed by atoms with Crippen molar-refractivity contribution >= 4 is 22.9 Å². The summed E-state index contributed by atoms with van der Waals surface area (Å²) in [6.45, 7) is 4.21. The number of likely N-dealkylation sites (tertiary alicyclic amines) is 1. The number of carbonyl (C=O) groups excluding carboxylic acids is 1. The summed E-state index contributed by atoms with van der Waals surface area (Å²) in [5.74, 6) is 1.35. The predicted octanol–water partition coefficient (Wildman–Crippen LogP) is 4.11.